The molecule has 140 valence electrons. The Morgan fingerprint density at radius 2 is 1.93 bits per heavy atom. The molecule has 7 nitrogen and oxygen atoms in total. The minimum Gasteiger partial charge on any atom is -0.493 e. The van der Waals surface area contributed by atoms with E-state index in [1.165, 1.54) is 0 Å². The summed E-state index contributed by atoms with van der Waals surface area (Å²) in [6, 6.07) is 15.6. The molecule has 0 aliphatic heterocycles. The molecule has 0 amide bonds. The molecule has 0 bridgehead atoms. The Balaban J connectivity index is 1.79. The number of H-pyrrole nitrogens is 1. The minimum atomic E-state index is 0.0991. The van der Waals surface area contributed by atoms with Gasteiger partial charge in [0, 0.05) is 17.4 Å². The quantitative estimate of drug-likeness (QED) is 0.561. The van der Waals surface area contributed by atoms with Gasteiger partial charge in [0.05, 0.1) is 14.2 Å². The first-order chi connectivity index (χ1) is 13.7. The molecule has 2 N–H and O–H groups in total. The third-order valence-electron chi connectivity index (χ3n) is 4.83. The third-order valence-corrected chi connectivity index (χ3v) is 4.83. The Labute approximate surface area is 161 Å². The number of ether oxygens (including phenoxy) is 2. The highest BCUT2D eigenvalue weighted by Crippen LogP contribution is 2.28. The molecule has 0 spiro atoms. The number of methoxy groups -OCH3 is 2. The number of nitrogens with zero attached hydrogens (tertiary/aromatic N) is 3. The summed E-state index contributed by atoms with van der Waals surface area (Å²) >= 11 is 0. The van der Waals surface area contributed by atoms with Crippen LogP contribution in [0.4, 0.5) is 0 Å². The maximum atomic E-state index is 9.44. The van der Waals surface area contributed by atoms with Crippen LogP contribution in [0, 0.1) is 16.7 Å². The average Bonchev–Trinajstić information content (AvgIpc) is 3.10. The Hall–Kier alpha value is -3.79. The number of aromatic amines is 1. The van der Waals surface area contributed by atoms with Crippen LogP contribution in [-0.4, -0.2) is 28.8 Å². The van der Waals surface area contributed by atoms with Gasteiger partial charge < -0.3 is 19.0 Å². The molecule has 2 heterocycles. The molecule has 0 saturated heterocycles. The van der Waals surface area contributed by atoms with Gasteiger partial charge >= 0.3 is 0 Å². The van der Waals surface area contributed by atoms with Gasteiger partial charge in [-0.2, -0.15) is 5.26 Å². The number of aromatic nitrogens is 3. The van der Waals surface area contributed by atoms with Gasteiger partial charge in [-0.1, -0.05) is 24.3 Å². The summed E-state index contributed by atoms with van der Waals surface area (Å²) in [7, 11) is 3.21. The van der Waals surface area contributed by atoms with E-state index in [1.54, 1.807) is 18.8 Å². The maximum absolute atomic E-state index is 9.44. The second kappa shape index (κ2) is 7.08. The van der Waals surface area contributed by atoms with Crippen LogP contribution in [0.1, 0.15) is 11.3 Å². The van der Waals surface area contributed by atoms with Crippen molar-refractivity contribution in [1.29, 1.82) is 10.7 Å². The summed E-state index contributed by atoms with van der Waals surface area (Å²) < 4.78 is 12.5. The van der Waals surface area contributed by atoms with Crippen molar-refractivity contribution in [1.82, 2.24) is 14.5 Å². The van der Waals surface area contributed by atoms with Crippen LogP contribution in [0.15, 0.2) is 42.5 Å². The van der Waals surface area contributed by atoms with Gasteiger partial charge in [-0.15, -0.1) is 0 Å². The van der Waals surface area contributed by atoms with Crippen LogP contribution in [-0.2, 0) is 13.0 Å². The molecular formula is C21H19N5O2. The zero-order valence-electron chi connectivity index (χ0n) is 15.6. The lowest BCUT2D eigenvalue weighted by molar-refractivity contribution is 0.354. The zero-order valence-corrected chi connectivity index (χ0v) is 15.6. The normalized spacial score (nSPS) is 10.9. The van der Waals surface area contributed by atoms with Crippen molar-refractivity contribution in [2.45, 2.75) is 13.0 Å². The lowest BCUT2D eigenvalue weighted by atomic mass is 10.1. The first kappa shape index (κ1) is 17.6. The van der Waals surface area contributed by atoms with Gasteiger partial charge in [-0.3, -0.25) is 5.41 Å². The molecule has 0 fully saturated rings. The van der Waals surface area contributed by atoms with E-state index in [4.69, 9.17) is 14.9 Å². The Bertz CT molecular complexity index is 1280. The second-order valence-corrected chi connectivity index (χ2v) is 6.38. The number of nitrogens with one attached hydrogen (secondary N) is 2. The molecule has 4 rings (SSSR count). The van der Waals surface area contributed by atoms with E-state index in [0.29, 0.717) is 30.0 Å². The number of nitriles is 1. The molecule has 0 unspecified atom stereocenters. The highest BCUT2D eigenvalue weighted by Gasteiger charge is 2.14. The van der Waals surface area contributed by atoms with E-state index in [1.807, 2.05) is 48.5 Å². The third kappa shape index (κ3) is 2.85. The molecule has 0 radical (unpaired) electrons. The first-order valence-corrected chi connectivity index (χ1v) is 8.83. The monoisotopic (exact) mass is 373 g/mol. The fourth-order valence-corrected chi connectivity index (χ4v) is 3.40. The smallest absolute Gasteiger partial charge is 0.183 e. The largest absolute Gasteiger partial charge is 0.493 e. The Morgan fingerprint density at radius 3 is 2.68 bits per heavy atom. The van der Waals surface area contributed by atoms with Crippen molar-refractivity contribution in [2.75, 3.05) is 14.2 Å². The number of rotatable bonds is 5. The van der Waals surface area contributed by atoms with Crippen molar-refractivity contribution in [3.8, 4) is 17.6 Å². The summed E-state index contributed by atoms with van der Waals surface area (Å²) in [5.41, 5.74) is 3.64. The molecule has 0 aliphatic carbocycles. The maximum Gasteiger partial charge on any atom is 0.183 e. The molecule has 0 atom stereocenters. The molecule has 4 aromatic rings. The SMILES string of the molecule is COc1ccc(CCn2c(=N)c(C#N)nc3c4ccccc4[nH]c32)cc1OC. The molecular weight excluding hydrogens is 354 g/mol. The molecule has 2 aromatic heterocycles. The van der Waals surface area contributed by atoms with Crippen molar-refractivity contribution in [3.63, 3.8) is 0 Å². The lowest BCUT2D eigenvalue weighted by Crippen LogP contribution is -2.25. The van der Waals surface area contributed by atoms with Gasteiger partial charge in [0.15, 0.2) is 22.7 Å². The van der Waals surface area contributed by atoms with Gasteiger partial charge in [0.1, 0.15) is 17.2 Å². The van der Waals surface area contributed by atoms with Crippen LogP contribution in [0.2, 0.25) is 0 Å². The second-order valence-electron chi connectivity index (χ2n) is 6.38. The first-order valence-electron chi connectivity index (χ1n) is 8.83. The lowest BCUT2D eigenvalue weighted by Gasteiger charge is -2.12. The predicted octanol–water partition coefficient (Wildman–Crippen LogP) is 3.13. The van der Waals surface area contributed by atoms with Crippen LogP contribution >= 0.6 is 0 Å². The molecule has 7 heteroatoms. The summed E-state index contributed by atoms with van der Waals surface area (Å²) in [5.74, 6) is 1.34. The predicted molar refractivity (Wildman–Crippen MR) is 105 cm³/mol. The summed E-state index contributed by atoms with van der Waals surface area (Å²) in [6.07, 6.45) is 0.663. The highest BCUT2D eigenvalue weighted by molar-refractivity contribution is 6.03. The van der Waals surface area contributed by atoms with Crippen LogP contribution in [0.25, 0.3) is 22.1 Å². The number of aryl methyl sites for hydroxylation is 2. The fourth-order valence-electron chi connectivity index (χ4n) is 3.40. The summed E-state index contributed by atoms with van der Waals surface area (Å²) in [4.78, 5) is 7.75. The topological polar surface area (TPSA) is 99.7 Å². The standard InChI is InChI=1S/C21H19N5O2/c1-27-17-8-7-13(11-18(17)28-2)9-10-26-20(23)16(12-22)24-19-14-5-3-4-6-15(14)25-21(19)26/h3-8,11,23,25H,9-10H2,1-2H3. The fraction of sp³-hybridized carbons (Fsp3) is 0.190. The van der Waals surface area contributed by atoms with Crippen molar-refractivity contribution in [2.24, 2.45) is 0 Å². The number of fused-ring (bicyclic) bond motifs is 3. The van der Waals surface area contributed by atoms with Gasteiger partial charge in [0.25, 0.3) is 0 Å². The Morgan fingerprint density at radius 1 is 1.14 bits per heavy atom. The summed E-state index contributed by atoms with van der Waals surface area (Å²) in [6.45, 7) is 0.523. The van der Waals surface area contributed by atoms with Crippen LogP contribution in [0.3, 0.4) is 0 Å². The van der Waals surface area contributed by atoms with Gasteiger partial charge in [-0.25, -0.2) is 4.98 Å². The minimum absolute atomic E-state index is 0.0991. The Kier molecular flexibility index (Phi) is 4.45. The van der Waals surface area contributed by atoms with E-state index in [2.05, 4.69) is 9.97 Å². The summed E-state index contributed by atoms with van der Waals surface area (Å²) in [5, 5.41) is 18.8. The van der Waals surface area contributed by atoms with Crippen LogP contribution < -0.4 is 15.0 Å². The van der Waals surface area contributed by atoms with Crippen LogP contribution in [0.5, 0.6) is 11.5 Å². The van der Waals surface area contributed by atoms with E-state index in [-0.39, 0.29) is 11.2 Å². The average molecular weight is 373 g/mol. The molecule has 0 saturated carbocycles. The molecule has 0 aliphatic rings. The van der Waals surface area contributed by atoms with Crippen molar-refractivity contribution < 1.29 is 9.47 Å². The number of benzene rings is 2. The number of para-hydroxylation sites is 1. The highest BCUT2D eigenvalue weighted by atomic mass is 16.5. The van der Waals surface area contributed by atoms with E-state index in [9.17, 15) is 5.26 Å². The zero-order chi connectivity index (χ0) is 19.7. The molecule has 2 aromatic carbocycles. The van der Waals surface area contributed by atoms with E-state index in [0.717, 1.165) is 22.1 Å². The van der Waals surface area contributed by atoms with Crippen molar-refractivity contribution >= 4 is 22.1 Å². The molecule has 28 heavy (non-hydrogen) atoms. The number of hydrogen-bond donors (Lipinski definition) is 2. The number of hydrogen-bond acceptors (Lipinski definition) is 5. The van der Waals surface area contributed by atoms with Gasteiger partial charge in [-0.05, 0) is 30.2 Å². The van der Waals surface area contributed by atoms with E-state index >= 15 is 0 Å². The van der Waals surface area contributed by atoms with E-state index < -0.39 is 0 Å². The van der Waals surface area contributed by atoms with Crippen molar-refractivity contribution in [3.05, 3.63) is 59.2 Å². The van der Waals surface area contributed by atoms with Gasteiger partial charge in [0.2, 0.25) is 0 Å².